The molecular weight excluding hydrogens is 344 g/mol. The number of carbonyl (C=O) groups excluding carboxylic acids is 2. The molecule has 1 heterocycles. The summed E-state index contributed by atoms with van der Waals surface area (Å²) in [5.41, 5.74) is 1.13. The minimum Gasteiger partial charge on any atom is -0.448 e. The van der Waals surface area contributed by atoms with Crippen molar-refractivity contribution in [1.29, 1.82) is 0 Å². The molecule has 2 N–H and O–H groups in total. The minimum absolute atomic E-state index is 0.285. The molecule has 1 unspecified atom stereocenters. The molecule has 140 valence electrons. The maximum absolute atomic E-state index is 12.4. The third-order valence-electron chi connectivity index (χ3n) is 4.95. The molecule has 6 heteroatoms. The van der Waals surface area contributed by atoms with Crippen molar-refractivity contribution in [3.63, 3.8) is 0 Å². The zero-order valence-electron chi connectivity index (χ0n) is 15.2. The van der Waals surface area contributed by atoms with Gasteiger partial charge in [-0.3, -0.25) is 9.59 Å². The van der Waals surface area contributed by atoms with Crippen LogP contribution in [0.3, 0.4) is 0 Å². The first-order valence-electron chi connectivity index (χ1n) is 9.24. The highest BCUT2D eigenvalue weighted by Gasteiger charge is 2.44. The van der Waals surface area contributed by atoms with E-state index in [4.69, 9.17) is 9.47 Å². The molecule has 1 atom stereocenters. The summed E-state index contributed by atoms with van der Waals surface area (Å²) >= 11 is 0. The van der Waals surface area contributed by atoms with Gasteiger partial charge in [0.05, 0.1) is 0 Å². The molecule has 0 saturated heterocycles. The van der Waals surface area contributed by atoms with E-state index < -0.39 is 11.8 Å². The number of benzene rings is 2. The van der Waals surface area contributed by atoms with E-state index in [0.29, 0.717) is 22.7 Å². The fraction of sp³-hybridized carbons (Fsp3) is 0.333. The maximum atomic E-state index is 12.4. The standard InChI is InChI=1S/C21H22N2O4/c1-14(22-20(25)15-7-3-2-4-8-15)19(24)23-16-9-10-17-18(13-16)27-21(26-17)11-5-6-12-21/h2-4,7-10,13-14H,5-6,11-12H2,1H3,(H,22,25)(H,23,24). The fourth-order valence-electron chi connectivity index (χ4n) is 3.47. The van der Waals surface area contributed by atoms with Crippen LogP contribution in [-0.4, -0.2) is 23.6 Å². The number of hydrogen-bond acceptors (Lipinski definition) is 4. The number of carbonyl (C=O) groups is 2. The van der Waals surface area contributed by atoms with E-state index in [1.54, 1.807) is 43.3 Å². The Morgan fingerprint density at radius 1 is 1.00 bits per heavy atom. The van der Waals surface area contributed by atoms with Crippen LogP contribution in [0.25, 0.3) is 0 Å². The summed E-state index contributed by atoms with van der Waals surface area (Å²) in [6.07, 6.45) is 3.95. The summed E-state index contributed by atoms with van der Waals surface area (Å²) in [5.74, 6) is 0.249. The summed E-state index contributed by atoms with van der Waals surface area (Å²) < 4.78 is 12.0. The first-order chi connectivity index (χ1) is 13.0. The van der Waals surface area contributed by atoms with Crippen molar-refractivity contribution >= 4 is 17.5 Å². The summed E-state index contributed by atoms with van der Waals surface area (Å²) in [6.45, 7) is 1.65. The zero-order chi connectivity index (χ0) is 18.9. The van der Waals surface area contributed by atoms with Gasteiger partial charge in [-0.2, -0.15) is 0 Å². The molecule has 1 aliphatic carbocycles. The molecule has 1 saturated carbocycles. The Hall–Kier alpha value is -3.02. The zero-order valence-corrected chi connectivity index (χ0v) is 15.2. The van der Waals surface area contributed by atoms with Crippen LogP contribution in [0, 0.1) is 0 Å². The van der Waals surface area contributed by atoms with Gasteiger partial charge in [0.15, 0.2) is 11.5 Å². The van der Waals surface area contributed by atoms with Gasteiger partial charge in [0.2, 0.25) is 5.91 Å². The lowest BCUT2D eigenvalue weighted by molar-refractivity contribution is -0.117. The van der Waals surface area contributed by atoms with Gasteiger partial charge in [0.1, 0.15) is 6.04 Å². The minimum atomic E-state index is -0.677. The Balaban J connectivity index is 1.38. The fourth-order valence-corrected chi connectivity index (χ4v) is 3.47. The second-order valence-electron chi connectivity index (χ2n) is 7.03. The molecule has 27 heavy (non-hydrogen) atoms. The topological polar surface area (TPSA) is 76.7 Å². The molecule has 2 aliphatic rings. The molecule has 0 radical (unpaired) electrons. The van der Waals surface area contributed by atoms with Crippen LogP contribution in [-0.2, 0) is 4.79 Å². The molecule has 1 spiro atoms. The number of anilines is 1. The molecule has 1 fully saturated rings. The predicted molar refractivity (Wildman–Crippen MR) is 101 cm³/mol. The predicted octanol–water partition coefficient (Wildman–Crippen LogP) is 3.49. The Labute approximate surface area is 157 Å². The number of ether oxygens (including phenoxy) is 2. The van der Waals surface area contributed by atoms with Gasteiger partial charge < -0.3 is 20.1 Å². The molecule has 6 nitrogen and oxygen atoms in total. The van der Waals surface area contributed by atoms with Crippen LogP contribution in [0.2, 0.25) is 0 Å². The molecule has 2 amide bonds. The second kappa shape index (κ2) is 6.95. The molecule has 1 aliphatic heterocycles. The van der Waals surface area contributed by atoms with Gasteiger partial charge in [0.25, 0.3) is 11.7 Å². The van der Waals surface area contributed by atoms with E-state index in [1.807, 2.05) is 12.1 Å². The SMILES string of the molecule is CC(NC(=O)c1ccccc1)C(=O)Nc1ccc2c(c1)OC1(CCCC1)O2. The lowest BCUT2D eigenvalue weighted by Crippen LogP contribution is -2.41. The highest BCUT2D eigenvalue weighted by molar-refractivity contribution is 6.01. The molecule has 0 bridgehead atoms. The summed E-state index contributed by atoms with van der Waals surface area (Å²) in [5, 5.41) is 5.52. The van der Waals surface area contributed by atoms with Gasteiger partial charge in [0, 0.05) is 30.2 Å². The number of hydrogen-bond donors (Lipinski definition) is 2. The number of nitrogens with one attached hydrogen (secondary N) is 2. The van der Waals surface area contributed by atoms with E-state index >= 15 is 0 Å². The largest absolute Gasteiger partial charge is 0.448 e. The van der Waals surface area contributed by atoms with Crippen molar-refractivity contribution in [2.45, 2.75) is 44.4 Å². The van der Waals surface area contributed by atoms with Crippen molar-refractivity contribution in [3.05, 3.63) is 54.1 Å². The van der Waals surface area contributed by atoms with Gasteiger partial charge in [-0.25, -0.2) is 0 Å². The van der Waals surface area contributed by atoms with Gasteiger partial charge in [-0.15, -0.1) is 0 Å². The summed E-state index contributed by atoms with van der Waals surface area (Å²) in [4.78, 5) is 24.6. The first kappa shape index (κ1) is 17.4. The average molecular weight is 366 g/mol. The van der Waals surface area contributed by atoms with Crippen LogP contribution in [0.1, 0.15) is 43.0 Å². The van der Waals surface area contributed by atoms with Crippen molar-refractivity contribution in [3.8, 4) is 11.5 Å². The average Bonchev–Trinajstić information content (AvgIpc) is 3.27. The van der Waals surface area contributed by atoms with E-state index in [1.165, 1.54) is 0 Å². The maximum Gasteiger partial charge on any atom is 0.251 e. The highest BCUT2D eigenvalue weighted by atomic mass is 16.7. The first-order valence-corrected chi connectivity index (χ1v) is 9.24. The third kappa shape index (κ3) is 3.60. The van der Waals surface area contributed by atoms with Crippen molar-refractivity contribution < 1.29 is 19.1 Å². The van der Waals surface area contributed by atoms with E-state index in [2.05, 4.69) is 10.6 Å². The van der Waals surface area contributed by atoms with Crippen molar-refractivity contribution in [1.82, 2.24) is 5.32 Å². The van der Waals surface area contributed by atoms with Gasteiger partial charge in [-0.1, -0.05) is 18.2 Å². The van der Waals surface area contributed by atoms with Crippen LogP contribution in [0.5, 0.6) is 11.5 Å². The van der Waals surface area contributed by atoms with E-state index in [9.17, 15) is 9.59 Å². The quantitative estimate of drug-likeness (QED) is 0.868. The highest BCUT2D eigenvalue weighted by Crippen LogP contribution is 2.47. The number of fused-ring (bicyclic) bond motifs is 1. The normalized spacial score (nSPS) is 17.5. The Morgan fingerprint density at radius 2 is 1.70 bits per heavy atom. The summed E-state index contributed by atoms with van der Waals surface area (Å²) in [7, 11) is 0. The Morgan fingerprint density at radius 3 is 2.44 bits per heavy atom. The lowest BCUT2D eigenvalue weighted by Gasteiger charge is -2.21. The van der Waals surface area contributed by atoms with E-state index in [0.717, 1.165) is 25.7 Å². The Bertz CT molecular complexity index is 860. The molecule has 2 aromatic rings. The smallest absolute Gasteiger partial charge is 0.251 e. The summed E-state index contributed by atoms with van der Waals surface area (Å²) in [6, 6.07) is 13.5. The van der Waals surface area contributed by atoms with Crippen LogP contribution < -0.4 is 20.1 Å². The molecule has 4 rings (SSSR count). The van der Waals surface area contributed by atoms with Crippen LogP contribution in [0.4, 0.5) is 5.69 Å². The Kier molecular flexibility index (Phi) is 4.48. The number of amides is 2. The third-order valence-corrected chi connectivity index (χ3v) is 4.95. The molecule has 2 aromatic carbocycles. The van der Waals surface area contributed by atoms with E-state index in [-0.39, 0.29) is 11.8 Å². The molecule has 0 aromatic heterocycles. The van der Waals surface area contributed by atoms with Gasteiger partial charge >= 0.3 is 0 Å². The molecular formula is C21H22N2O4. The monoisotopic (exact) mass is 366 g/mol. The number of rotatable bonds is 4. The van der Waals surface area contributed by atoms with Crippen LogP contribution in [0.15, 0.2) is 48.5 Å². The van der Waals surface area contributed by atoms with Gasteiger partial charge in [-0.05, 0) is 44.0 Å². The lowest BCUT2D eigenvalue weighted by atomic mass is 10.2. The van der Waals surface area contributed by atoms with Crippen molar-refractivity contribution in [2.24, 2.45) is 0 Å². The van der Waals surface area contributed by atoms with Crippen LogP contribution >= 0.6 is 0 Å². The van der Waals surface area contributed by atoms with Crippen molar-refractivity contribution in [2.75, 3.05) is 5.32 Å². The second-order valence-corrected chi connectivity index (χ2v) is 7.03.